The summed E-state index contributed by atoms with van der Waals surface area (Å²) in [5, 5.41) is 11.7. The molecule has 90 valence electrons. The molecule has 0 saturated carbocycles. The zero-order valence-electron chi connectivity index (χ0n) is 9.13. The number of nitrogens with zero attached hydrogens (tertiary/aromatic N) is 1. The number of halogens is 2. The molecule has 1 saturated heterocycles. The van der Waals surface area contributed by atoms with Gasteiger partial charge in [-0.2, -0.15) is 0 Å². The monoisotopic (exact) mass is 222 g/mol. The van der Waals surface area contributed by atoms with Crippen molar-refractivity contribution >= 4 is 0 Å². The summed E-state index contributed by atoms with van der Waals surface area (Å²) in [5.74, 6) is 0.500. The second-order valence-electron chi connectivity index (χ2n) is 4.32. The van der Waals surface area contributed by atoms with Gasteiger partial charge in [0.25, 0.3) is 6.43 Å². The first-order valence-electron chi connectivity index (χ1n) is 5.46. The molecule has 1 aliphatic heterocycles. The number of aliphatic hydroxyl groups excluding tert-OH is 1. The lowest BCUT2D eigenvalue weighted by molar-refractivity contribution is 0.101. The van der Waals surface area contributed by atoms with Gasteiger partial charge in [-0.1, -0.05) is 6.92 Å². The molecule has 1 heterocycles. The Morgan fingerprint density at radius 2 is 2.20 bits per heavy atom. The van der Waals surface area contributed by atoms with E-state index in [0.717, 1.165) is 19.5 Å². The molecule has 1 aliphatic rings. The Hall–Kier alpha value is -0.260. The van der Waals surface area contributed by atoms with E-state index in [0.29, 0.717) is 12.5 Å². The molecule has 1 fully saturated rings. The highest BCUT2D eigenvalue weighted by molar-refractivity contribution is 4.81. The van der Waals surface area contributed by atoms with Gasteiger partial charge in [-0.3, -0.25) is 4.90 Å². The Bertz CT molecular complexity index is 181. The molecule has 1 rings (SSSR count). The maximum Gasteiger partial charge on any atom is 0.250 e. The second kappa shape index (κ2) is 6.35. The summed E-state index contributed by atoms with van der Waals surface area (Å²) < 4.78 is 24.0. The average Bonchev–Trinajstić information content (AvgIpc) is 2.14. The Labute approximate surface area is 89.5 Å². The van der Waals surface area contributed by atoms with Crippen LogP contribution in [0.3, 0.4) is 0 Å². The number of nitrogens with one attached hydrogen (secondary N) is 1. The fourth-order valence-corrected chi connectivity index (χ4v) is 2.19. The topological polar surface area (TPSA) is 35.5 Å². The van der Waals surface area contributed by atoms with Gasteiger partial charge in [0.2, 0.25) is 0 Å². The molecule has 2 unspecified atom stereocenters. The van der Waals surface area contributed by atoms with Crippen LogP contribution >= 0.6 is 0 Å². The Balaban J connectivity index is 2.31. The molecule has 0 aromatic carbocycles. The summed E-state index contributed by atoms with van der Waals surface area (Å²) in [6.45, 7) is 4.36. The van der Waals surface area contributed by atoms with E-state index in [1.165, 1.54) is 0 Å². The van der Waals surface area contributed by atoms with Gasteiger partial charge >= 0.3 is 0 Å². The van der Waals surface area contributed by atoms with E-state index in [9.17, 15) is 8.78 Å². The van der Waals surface area contributed by atoms with Gasteiger partial charge < -0.3 is 10.4 Å². The quantitative estimate of drug-likeness (QED) is 0.713. The zero-order chi connectivity index (χ0) is 11.3. The van der Waals surface area contributed by atoms with Crippen LogP contribution < -0.4 is 5.32 Å². The fraction of sp³-hybridized carbons (Fsp3) is 1.00. The lowest BCUT2D eigenvalue weighted by Gasteiger charge is -2.36. The van der Waals surface area contributed by atoms with Crippen molar-refractivity contribution in [2.75, 3.05) is 32.8 Å². The maximum atomic E-state index is 12.0. The molecule has 2 N–H and O–H groups in total. The second-order valence-corrected chi connectivity index (χ2v) is 4.32. The molecular weight excluding hydrogens is 202 g/mol. The summed E-state index contributed by atoms with van der Waals surface area (Å²) >= 11 is 0. The van der Waals surface area contributed by atoms with E-state index in [-0.39, 0.29) is 19.2 Å². The van der Waals surface area contributed by atoms with E-state index in [2.05, 4.69) is 17.1 Å². The van der Waals surface area contributed by atoms with Crippen LogP contribution in [0.2, 0.25) is 0 Å². The van der Waals surface area contributed by atoms with Gasteiger partial charge in [0.1, 0.15) is 0 Å². The number of aliphatic hydroxyl groups is 1. The third-order valence-electron chi connectivity index (χ3n) is 2.71. The Morgan fingerprint density at radius 1 is 1.47 bits per heavy atom. The number of piperidine rings is 1. The fourth-order valence-electron chi connectivity index (χ4n) is 2.19. The predicted octanol–water partition coefficient (Wildman–Crippen LogP) is 0.544. The molecule has 3 nitrogen and oxygen atoms in total. The predicted molar refractivity (Wildman–Crippen MR) is 55.1 cm³/mol. The summed E-state index contributed by atoms with van der Waals surface area (Å²) in [4.78, 5) is 2.12. The normalized spacial score (nSPS) is 28.6. The first-order chi connectivity index (χ1) is 7.11. The lowest BCUT2D eigenvalue weighted by atomic mass is 9.96. The lowest BCUT2D eigenvalue weighted by Crippen LogP contribution is -2.50. The molecule has 0 amide bonds. The maximum absolute atomic E-state index is 12.0. The molecule has 0 aromatic rings. The van der Waals surface area contributed by atoms with Crippen molar-refractivity contribution in [1.82, 2.24) is 10.2 Å². The van der Waals surface area contributed by atoms with Crippen molar-refractivity contribution in [3.05, 3.63) is 0 Å². The van der Waals surface area contributed by atoms with E-state index >= 15 is 0 Å². The molecule has 5 heteroatoms. The minimum absolute atomic E-state index is 0.133. The van der Waals surface area contributed by atoms with Crippen molar-refractivity contribution in [2.24, 2.45) is 5.92 Å². The molecule has 0 aliphatic carbocycles. The highest BCUT2D eigenvalue weighted by atomic mass is 19.3. The smallest absolute Gasteiger partial charge is 0.250 e. The molecule has 0 bridgehead atoms. The number of rotatable bonds is 5. The summed E-state index contributed by atoms with van der Waals surface area (Å²) in [6, 6.07) is 0.134. The highest BCUT2D eigenvalue weighted by Crippen LogP contribution is 2.16. The number of likely N-dealkylation sites (tertiary alicyclic amines) is 1. The third-order valence-corrected chi connectivity index (χ3v) is 2.71. The SMILES string of the molecule is CC1CC(NCC(F)F)CN(CCO)C1. The highest BCUT2D eigenvalue weighted by Gasteiger charge is 2.24. The number of alkyl halides is 2. The van der Waals surface area contributed by atoms with Gasteiger partial charge in [0.15, 0.2) is 0 Å². The largest absolute Gasteiger partial charge is 0.395 e. The molecule has 15 heavy (non-hydrogen) atoms. The van der Waals surface area contributed by atoms with Gasteiger partial charge in [-0.05, 0) is 12.3 Å². The van der Waals surface area contributed by atoms with Crippen LogP contribution in [0.4, 0.5) is 8.78 Å². The van der Waals surface area contributed by atoms with E-state index in [1.54, 1.807) is 0 Å². The third kappa shape index (κ3) is 4.86. The van der Waals surface area contributed by atoms with E-state index < -0.39 is 6.43 Å². The van der Waals surface area contributed by atoms with Gasteiger partial charge in [0.05, 0.1) is 13.2 Å². The molecule has 0 aromatic heterocycles. The van der Waals surface area contributed by atoms with Gasteiger partial charge in [-0.15, -0.1) is 0 Å². The molecular formula is C10H20F2N2O. The van der Waals surface area contributed by atoms with Crippen LogP contribution in [0.25, 0.3) is 0 Å². The van der Waals surface area contributed by atoms with E-state index in [1.807, 2.05) is 0 Å². The first kappa shape index (κ1) is 12.8. The van der Waals surface area contributed by atoms with Crippen LogP contribution in [0.1, 0.15) is 13.3 Å². The zero-order valence-corrected chi connectivity index (χ0v) is 9.13. The molecule has 0 spiro atoms. The first-order valence-corrected chi connectivity index (χ1v) is 5.46. The number of hydrogen-bond donors (Lipinski definition) is 2. The standard InChI is InChI=1S/C10H20F2N2O/c1-8-4-9(13-5-10(11)12)7-14(6-8)2-3-15/h8-10,13,15H,2-7H2,1H3. The van der Waals surface area contributed by atoms with Crippen molar-refractivity contribution in [3.63, 3.8) is 0 Å². The van der Waals surface area contributed by atoms with Gasteiger partial charge in [0, 0.05) is 25.7 Å². The van der Waals surface area contributed by atoms with Crippen LogP contribution in [0.5, 0.6) is 0 Å². The summed E-state index contributed by atoms with van der Waals surface area (Å²) in [6.07, 6.45) is -1.34. The van der Waals surface area contributed by atoms with Crippen molar-refractivity contribution in [2.45, 2.75) is 25.8 Å². The minimum atomic E-state index is -2.28. The number of β-amino-alcohol motifs (C(OH)–C–C–N with tert-alkyl or cyclic N) is 1. The Kier molecular flexibility index (Phi) is 5.42. The Morgan fingerprint density at radius 3 is 2.80 bits per heavy atom. The summed E-state index contributed by atoms with van der Waals surface area (Å²) in [7, 11) is 0. The minimum Gasteiger partial charge on any atom is -0.395 e. The number of hydrogen-bond acceptors (Lipinski definition) is 3. The van der Waals surface area contributed by atoms with E-state index in [4.69, 9.17) is 5.11 Å². The van der Waals surface area contributed by atoms with Gasteiger partial charge in [-0.25, -0.2) is 8.78 Å². The van der Waals surface area contributed by atoms with Crippen LogP contribution in [-0.2, 0) is 0 Å². The molecule has 0 radical (unpaired) electrons. The van der Waals surface area contributed by atoms with Crippen LogP contribution in [0, 0.1) is 5.92 Å². The van der Waals surface area contributed by atoms with Crippen molar-refractivity contribution < 1.29 is 13.9 Å². The van der Waals surface area contributed by atoms with Crippen molar-refractivity contribution in [3.8, 4) is 0 Å². The van der Waals surface area contributed by atoms with Crippen LogP contribution in [0.15, 0.2) is 0 Å². The average molecular weight is 222 g/mol. The van der Waals surface area contributed by atoms with Crippen LogP contribution in [-0.4, -0.2) is 55.3 Å². The molecule has 2 atom stereocenters. The summed E-state index contributed by atoms with van der Waals surface area (Å²) in [5.41, 5.74) is 0. The van der Waals surface area contributed by atoms with Crippen molar-refractivity contribution in [1.29, 1.82) is 0 Å².